The predicted molar refractivity (Wildman–Crippen MR) is 66.8 cm³/mol. The van der Waals surface area contributed by atoms with Gasteiger partial charge in [-0.2, -0.15) is 0 Å². The van der Waals surface area contributed by atoms with Gasteiger partial charge in [-0.3, -0.25) is 0 Å². The molecule has 1 fully saturated rings. The lowest BCUT2D eigenvalue weighted by Gasteiger charge is -2.24. The van der Waals surface area contributed by atoms with Crippen LogP contribution in [0.3, 0.4) is 0 Å². The van der Waals surface area contributed by atoms with Crippen molar-refractivity contribution in [2.75, 3.05) is 16.8 Å². The Morgan fingerprint density at radius 1 is 1.12 bits per heavy atom. The topological polar surface area (TPSA) is 46.2 Å². The molecule has 1 heterocycles. The van der Waals surface area contributed by atoms with Crippen molar-refractivity contribution in [2.24, 2.45) is 0 Å². The molecule has 88 valence electrons. The van der Waals surface area contributed by atoms with Crippen LogP contribution >= 0.6 is 11.6 Å². The Hall–Kier alpha value is -0.740. The molecule has 5 heteroatoms. The van der Waals surface area contributed by atoms with Crippen LogP contribution in [-0.2, 0) is 9.84 Å². The molecule has 1 N–H and O–H groups in total. The summed E-state index contributed by atoms with van der Waals surface area (Å²) in [7, 11) is -2.78. The molecule has 0 radical (unpaired) electrons. The minimum absolute atomic E-state index is 0.254. The van der Waals surface area contributed by atoms with Gasteiger partial charge in [0.05, 0.1) is 11.5 Å². The summed E-state index contributed by atoms with van der Waals surface area (Å²) in [6.07, 6.45) is 1.37. The van der Waals surface area contributed by atoms with Gasteiger partial charge in [0, 0.05) is 16.8 Å². The van der Waals surface area contributed by atoms with Crippen molar-refractivity contribution >= 4 is 27.1 Å². The molecule has 2 rings (SSSR count). The Labute approximate surface area is 101 Å². The monoisotopic (exact) mass is 259 g/mol. The van der Waals surface area contributed by atoms with Gasteiger partial charge in [-0.15, -0.1) is 0 Å². The zero-order valence-electron chi connectivity index (χ0n) is 8.82. The van der Waals surface area contributed by atoms with Crippen molar-refractivity contribution in [1.82, 2.24) is 0 Å². The zero-order chi connectivity index (χ0) is 11.6. The van der Waals surface area contributed by atoms with Gasteiger partial charge in [-0.05, 0) is 37.1 Å². The molecule has 0 spiro atoms. The van der Waals surface area contributed by atoms with Crippen molar-refractivity contribution in [2.45, 2.75) is 18.9 Å². The molecule has 0 bridgehead atoms. The first-order chi connectivity index (χ1) is 7.55. The third-order valence-corrected chi connectivity index (χ3v) is 4.74. The summed E-state index contributed by atoms with van der Waals surface area (Å²) in [6.45, 7) is 0. The second-order valence-corrected chi connectivity index (χ2v) is 6.82. The number of hydrogen-bond acceptors (Lipinski definition) is 3. The fraction of sp³-hybridized carbons (Fsp3) is 0.455. The molecule has 1 aliphatic heterocycles. The number of sulfone groups is 1. The fourth-order valence-electron chi connectivity index (χ4n) is 1.82. The van der Waals surface area contributed by atoms with Crippen LogP contribution in [0.1, 0.15) is 12.8 Å². The molecule has 0 atom stereocenters. The van der Waals surface area contributed by atoms with Crippen LogP contribution in [0.15, 0.2) is 24.3 Å². The van der Waals surface area contributed by atoms with Crippen LogP contribution in [0.5, 0.6) is 0 Å². The molecule has 0 saturated carbocycles. The molecule has 1 aromatic carbocycles. The standard InChI is InChI=1S/C11H14ClNO2S/c12-9-1-3-10(4-2-9)13-11-5-7-16(14,15)8-6-11/h1-4,11,13H,5-8H2. The maximum atomic E-state index is 11.2. The zero-order valence-corrected chi connectivity index (χ0v) is 10.4. The Bertz CT molecular complexity index is 441. The van der Waals surface area contributed by atoms with Crippen molar-refractivity contribution in [1.29, 1.82) is 0 Å². The summed E-state index contributed by atoms with van der Waals surface area (Å²) >= 11 is 5.78. The van der Waals surface area contributed by atoms with Crippen molar-refractivity contribution in [3.8, 4) is 0 Å². The van der Waals surface area contributed by atoms with Crippen molar-refractivity contribution < 1.29 is 8.42 Å². The average molecular weight is 260 g/mol. The molecular formula is C11H14ClNO2S. The first kappa shape index (κ1) is 11.7. The van der Waals surface area contributed by atoms with E-state index in [2.05, 4.69) is 5.32 Å². The van der Waals surface area contributed by atoms with Gasteiger partial charge in [-0.1, -0.05) is 11.6 Å². The highest BCUT2D eigenvalue weighted by Crippen LogP contribution is 2.19. The molecule has 1 saturated heterocycles. The maximum Gasteiger partial charge on any atom is 0.150 e. The van der Waals surface area contributed by atoms with E-state index in [-0.39, 0.29) is 17.5 Å². The molecule has 0 unspecified atom stereocenters. The minimum Gasteiger partial charge on any atom is -0.382 e. The largest absolute Gasteiger partial charge is 0.382 e. The van der Waals surface area contributed by atoms with E-state index < -0.39 is 9.84 Å². The Morgan fingerprint density at radius 3 is 2.25 bits per heavy atom. The highest BCUT2D eigenvalue weighted by atomic mass is 35.5. The van der Waals surface area contributed by atoms with Crippen molar-refractivity contribution in [3.05, 3.63) is 29.3 Å². The molecular weight excluding hydrogens is 246 g/mol. The Kier molecular flexibility index (Phi) is 3.40. The van der Waals surface area contributed by atoms with Crippen LogP contribution in [0.25, 0.3) is 0 Å². The SMILES string of the molecule is O=S1(=O)CCC(Nc2ccc(Cl)cc2)CC1. The van der Waals surface area contributed by atoms with Gasteiger partial charge in [-0.25, -0.2) is 8.42 Å². The summed E-state index contributed by atoms with van der Waals surface area (Å²) in [5.74, 6) is 0.580. The molecule has 1 aromatic rings. The van der Waals surface area contributed by atoms with Gasteiger partial charge in [0.25, 0.3) is 0 Å². The lowest BCUT2D eigenvalue weighted by atomic mass is 10.1. The molecule has 0 aromatic heterocycles. The van der Waals surface area contributed by atoms with E-state index in [0.29, 0.717) is 17.9 Å². The third kappa shape index (κ3) is 3.12. The first-order valence-corrected chi connectivity index (χ1v) is 7.48. The number of rotatable bonds is 2. The third-order valence-electron chi connectivity index (χ3n) is 2.77. The second-order valence-electron chi connectivity index (χ2n) is 4.08. The summed E-state index contributed by atoms with van der Waals surface area (Å²) in [5, 5.41) is 4.03. The Morgan fingerprint density at radius 2 is 1.69 bits per heavy atom. The fourth-order valence-corrected chi connectivity index (χ4v) is 3.43. The van der Waals surface area contributed by atoms with E-state index in [4.69, 9.17) is 11.6 Å². The molecule has 16 heavy (non-hydrogen) atoms. The Balaban J connectivity index is 1.94. The van der Waals surface area contributed by atoms with Crippen LogP contribution in [-0.4, -0.2) is 26.0 Å². The predicted octanol–water partition coefficient (Wildman–Crippen LogP) is 2.33. The molecule has 3 nitrogen and oxygen atoms in total. The summed E-state index contributed by atoms with van der Waals surface area (Å²) < 4.78 is 22.5. The van der Waals surface area contributed by atoms with Gasteiger partial charge < -0.3 is 5.32 Å². The van der Waals surface area contributed by atoms with Crippen LogP contribution < -0.4 is 5.32 Å². The number of halogens is 1. The van der Waals surface area contributed by atoms with Crippen molar-refractivity contribution in [3.63, 3.8) is 0 Å². The van der Waals surface area contributed by atoms with Gasteiger partial charge in [0.2, 0.25) is 0 Å². The lowest BCUT2D eigenvalue weighted by molar-refractivity contribution is 0.559. The summed E-state index contributed by atoms with van der Waals surface area (Å²) in [5.41, 5.74) is 0.994. The first-order valence-electron chi connectivity index (χ1n) is 5.28. The smallest absolute Gasteiger partial charge is 0.150 e. The van der Waals surface area contributed by atoms with Crippen LogP contribution in [0.4, 0.5) is 5.69 Å². The van der Waals surface area contributed by atoms with Gasteiger partial charge in [0.15, 0.2) is 0 Å². The highest BCUT2D eigenvalue weighted by Gasteiger charge is 2.23. The quantitative estimate of drug-likeness (QED) is 0.887. The van der Waals surface area contributed by atoms with E-state index in [9.17, 15) is 8.42 Å². The van der Waals surface area contributed by atoms with Crippen LogP contribution in [0, 0.1) is 0 Å². The molecule has 1 aliphatic rings. The second kappa shape index (κ2) is 4.63. The minimum atomic E-state index is -2.78. The number of benzene rings is 1. The normalized spacial score (nSPS) is 20.6. The maximum absolute atomic E-state index is 11.2. The van der Waals surface area contributed by atoms with Crippen LogP contribution in [0.2, 0.25) is 5.02 Å². The lowest BCUT2D eigenvalue weighted by Crippen LogP contribution is -2.32. The molecule has 0 aliphatic carbocycles. The molecule has 0 amide bonds. The van der Waals surface area contributed by atoms with E-state index in [0.717, 1.165) is 5.69 Å². The van der Waals surface area contributed by atoms with E-state index in [1.54, 1.807) is 0 Å². The number of anilines is 1. The number of hydrogen-bond donors (Lipinski definition) is 1. The van der Waals surface area contributed by atoms with E-state index in [1.165, 1.54) is 0 Å². The van der Waals surface area contributed by atoms with Gasteiger partial charge in [0.1, 0.15) is 9.84 Å². The number of nitrogens with one attached hydrogen (secondary N) is 1. The summed E-state index contributed by atoms with van der Waals surface area (Å²) in [4.78, 5) is 0. The van der Waals surface area contributed by atoms with E-state index in [1.807, 2.05) is 24.3 Å². The van der Waals surface area contributed by atoms with E-state index >= 15 is 0 Å². The highest BCUT2D eigenvalue weighted by molar-refractivity contribution is 7.91. The van der Waals surface area contributed by atoms with Gasteiger partial charge >= 0.3 is 0 Å². The summed E-state index contributed by atoms with van der Waals surface area (Å²) in [6, 6.07) is 7.72. The average Bonchev–Trinajstić information content (AvgIpc) is 2.24.